The van der Waals surface area contributed by atoms with Crippen LogP contribution in [0.4, 0.5) is 0 Å². The van der Waals surface area contributed by atoms with Crippen molar-refractivity contribution in [1.29, 1.82) is 0 Å². The fourth-order valence-electron chi connectivity index (χ4n) is 3.00. The van der Waals surface area contributed by atoms with Gasteiger partial charge in [0.2, 0.25) is 0 Å². The van der Waals surface area contributed by atoms with E-state index < -0.39 is 5.97 Å². The zero-order valence-electron chi connectivity index (χ0n) is 11.7. The first kappa shape index (κ1) is 13.9. The van der Waals surface area contributed by atoms with E-state index in [0.717, 1.165) is 18.7 Å². The van der Waals surface area contributed by atoms with E-state index in [1.165, 1.54) is 11.1 Å². The van der Waals surface area contributed by atoms with Gasteiger partial charge in [0.25, 0.3) is 0 Å². The number of aliphatic carboxylic acids is 1. The van der Waals surface area contributed by atoms with E-state index in [1.807, 2.05) is 19.1 Å². The SMILES string of the molecule is COc1ccc2c(c1)C(C(C)CC(=O)O)N(C)CC2. The fourth-order valence-corrected chi connectivity index (χ4v) is 3.00. The predicted octanol–water partition coefficient (Wildman–Crippen LogP) is 2.33. The van der Waals surface area contributed by atoms with E-state index in [4.69, 9.17) is 9.84 Å². The molecule has 0 aliphatic carbocycles. The van der Waals surface area contributed by atoms with Crippen molar-refractivity contribution in [3.05, 3.63) is 29.3 Å². The lowest BCUT2D eigenvalue weighted by Gasteiger charge is -2.38. The van der Waals surface area contributed by atoms with Crippen LogP contribution >= 0.6 is 0 Å². The van der Waals surface area contributed by atoms with Crippen molar-refractivity contribution in [2.45, 2.75) is 25.8 Å². The smallest absolute Gasteiger partial charge is 0.303 e. The van der Waals surface area contributed by atoms with Gasteiger partial charge < -0.3 is 9.84 Å². The second-order valence-corrected chi connectivity index (χ2v) is 5.32. The summed E-state index contributed by atoms with van der Waals surface area (Å²) in [6, 6.07) is 6.27. The van der Waals surface area contributed by atoms with Crippen LogP contribution in [0.3, 0.4) is 0 Å². The Morgan fingerprint density at radius 2 is 2.32 bits per heavy atom. The molecule has 1 N–H and O–H groups in total. The second-order valence-electron chi connectivity index (χ2n) is 5.32. The number of nitrogens with zero attached hydrogens (tertiary/aromatic N) is 1. The predicted molar refractivity (Wildman–Crippen MR) is 73.5 cm³/mol. The molecule has 1 aromatic carbocycles. The van der Waals surface area contributed by atoms with Crippen molar-refractivity contribution in [3.8, 4) is 5.75 Å². The second kappa shape index (κ2) is 5.61. The highest BCUT2D eigenvalue weighted by Gasteiger charge is 2.30. The number of rotatable bonds is 4. The Kier molecular flexibility index (Phi) is 4.10. The Morgan fingerprint density at radius 1 is 1.58 bits per heavy atom. The van der Waals surface area contributed by atoms with Crippen LogP contribution in [0.15, 0.2) is 18.2 Å². The third-order valence-corrected chi connectivity index (χ3v) is 3.92. The summed E-state index contributed by atoms with van der Waals surface area (Å²) in [6.07, 6.45) is 1.19. The number of hydrogen-bond acceptors (Lipinski definition) is 3. The number of carboxylic acids is 1. The van der Waals surface area contributed by atoms with Gasteiger partial charge in [0.05, 0.1) is 7.11 Å². The Morgan fingerprint density at radius 3 is 2.95 bits per heavy atom. The molecule has 2 rings (SSSR count). The molecule has 1 aliphatic rings. The van der Waals surface area contributed by atoms with Crippen LogP contribution in [0.5, 0.6) is 5.75 Å². The molecule has 104 valence electrons. The highest BCUT2D eigenvalue weighted by molar-refractivity contribution is 5.67. The summed E-state index contributed by atoms with van der Waals surface area (Å²) in [5, 5.41) is 9.01. The van der Waals surface area contributed by atoms with Gasteiger partial charge in [0.1, 0.15) is 5.75 Å². The van der Waals surface area contributed by atoms with Gasteiger partial charge in [-0.25, -0.2) is 0 Å². The maximum atomic E-state index is 11.0. The summed E-state index contributed by atoms with van der Waals surface area (Å²) in [7, 11) is 3.72. The van der Waals surface area contributed by atoms with Crippen LogP contribution in [-0.2, 0) is 11.2 Å². The van der Waals surface area contributed by atoms with Crippen LogP contribution in [0.25, 0.3) is 0 Å². The molecule has 0 bridgehead atoms. The van der Waals surface area contributed by atoms with Gasteiger partial charge in [-0.3, -0.25) is 9.69 Å². The molecule has 1 heterocycles. The molecule has 19 heavy (non-hydrogen) atoms. The van der Waals surface area contributed by atoms with Crippen molar-refractivity contribution in [2.24, 2.45) is 5.92 Å². The Hall–Kier alpha value is -1.55. The molecule has 0 amide bonds. The van der Waals surface area contributed by atoms with Crippen molar-refractivity contribution in [2.75, 3.05) is 20.7 Å². The van der Waals surface area contributed by atoms with Gasteiger partial charge in [-0.1, -0.05) is 13.0 Å². The number of fused-ring (bicyclic) bond motifs is 1. The van der Waals surface area contributed by atoms with Crippen molar-refractivity contribution in [1.82, 2.24) is 4.90 Å². The largest absolute Gasteiger partial charge is 0.497 e. The van der Waals surface area contributed by atoms with Crippen molar-refractivity contribution in [3.63, 3.8) is 0 Å². The topological polar surface area (TPSA) is 49.8 Å². The average Bonchev–Trinajstić information content (AvgIpc) is 2.36. The van der Waals surface area contributed by atoms with Gasteiger partial charge in [-0.15, -0.1) is 0 Å². The van der Waals surface area contributed by atoms with Crippen LogP contribution in [0, 0.1) is 5.92 Å². The van der Waals surface area contributed by atoms with E-state index in [0.29, 0.717) is 0 Å². The molecule has 0 spiro atoms. The molecule has 2 unspecified atom stereocenters. The molecule has 4 heteroatoms. The van der Waals surface area contributed by atoms with E-state index in [2.05, 4.69) is 18.0 Å². The van der Waals surface area contributed by atoms with Crippen molar-refractivity contribution >= 4 is 5.97 Å². The first-order chi connectivity index (χ1) is 9.02. The zero-order valence-corrected chi connectivity index (χ0v) is 11.7. The van der Waals surface area contributed by atoms with Gasteiger partial charge >= 0.3 is 5.97 Å². The monoisotopic (exact) mass is 263 g/mol. The number of methoxy groups -OCH3 is 1. The number of likely N-dealkylation sites (N-methyl/N-ethyl adjacent to an activating group) is 1. The lowest BCUT2D eigenvalue weighted by atomic mass is 9.84. The highest BCUT2D eigenvalue weighted by Crippen LogP contribution is 2.37. The van der Waals surface area contributed by atoms with Gasteiger partial charge in [0.15, 0.2) is 0 Å². The van der Waals surface area contributed by atoms with Crippen LogP contribution < -0.4 is 4.74 Å². The standard InChI is InChI=1S/C15H21NO3/c1-10(8-14(17)18)15-13-9-12(19-3)5-4-11(13)6-7-16(15)2/h4-5,9-10,15H,6-8H2,1-3H3,(H,17,18). The number of carbonyl (C=O) groups is 1. The maximum absolute atomic E-state index is 11.0. The van der Waals surface area contributed by atoms with Crippen LogP contribution in [0.2, 0.25) is 0 Å². The maximum Gasteiger partial charge on any atom is 0.303 e. The highest BCUT2D eigenvalue weighted by atomic mass is 16.5. The van der Waals surface area contributed by atoms with Crippen LogP contribution in [0.1, 0.15) is 30.5 Å². The Bertz CT molecular complexity index is 472. The summed E-state index contributed by atoms with van der Waals surface area (Å²) in [6.45, 7) is 2.97. The molecule has 0 saturated carbocycles. The minimum atomic E-state index is -0.740. The summed E-state index contributed by atoms with van der Waals surface area (Å²) in [4.78, 5) is 13.2. The summed E-state index contributed by atoms with van der Waals surface area (Å²) < 4.78 is 5.29. The first-order valence-electron chi connectivity index (χ1n) is 6.61. The van der Waals surface area contributed by atoms with Gasteiger partial charge in [-0.2, -0.15) is 0 Å². The van der Waals surface area contributed by atoms with Crippen LogP contribution in [-0.4, -0.2) is 36.7 Å². The number of carboxylic acid groups (broad SMARTS) is 1. The van der Waals surface area contributed by atoms with Gasteiger partial charge in [0, 0.05) is 19.0 Å². The molecule has 1 aliphatic heterocycles. The third kappa shape index (κ3) is 2.89. The normalized spacial score (nSPS) is 20.7. The summed E-state index contributed by atoms with van der Waals surface area (Å²) in [5.74, 6) is 0.172. The number of ether oxygens (including phenoxy) is 1. The zero-order chi connectivity index (χ0) is 14.0. The Labute approximate surface area is 114 Å². The first-order valence-corrected chi connectivity index (χ1v) is 6.61. The van der Waals surface area contributed by atoms with E-state index in [-0.39, 0.29) is 18.4 Å². The minimum Gasteiger partial charge on any atom is -0.497 e. The molecule has 0 aromatic heterocycles. The lowest BCUT2D eigenvalue weighted by Crippen LogP contribution is -2.36. The molecule has 0 radical (unpaired) electrons. The molecule has 2 atom stereocenters. The molecule has 0 fully saturated rings. The number of hydrogen-bond donors (Lipinski definition) is 1. The minimum absolute atomic E-state index is 0.0775. The number of benzene rings is 1. The third-order valence-electron chi connectivity index (χ3n) is 3.92. The fraction of sp³-hybridized carbons (Fsp3) is 0.533. The lowest BCUT2D eigenvalue weighted by molar-refractivity contribution is -0.138. The summed E-state index contributed by atoms with van der Waals surface area (Å²) in [5.41, 5.74) is 2.52. The molecule has 4 nitrogen and oxygen atoms in total. The van der Waals surface area contributed by atoms with Crippen molar-refractivity contribution < 1.29 is 14.6 Å². The molecule has 0 saturated heterocycles. The molecule has 1 aromatic rings. The van der Waals surface area contributed by atoms with E-state index in [9.17, 15) is 4.79 Å². The van der Waals surface area contributed by atoms with E-state index >= 15 is 0 Å². The quantitative estimate of drug-likeness (QED) is 0.906. The molecular formula is C15H21NO3. The average molecular weight is 263 g/mol. The van der Waals surface area contributed by atoms with E-state index in [1.54, 1.807) is 7.11 Å². The van der Waals surface area contributed by atoms with Gasteiger partial charge in [-0.05, 0) is 42.6 Å². The summed E-state index contributed by atoms with van der Waals surface area (Å²) >= 11 is 0. The Balaban J connectivity index is 2.35. The molecular weight excluding hydrogens is 242 g/mol.